The highest BCUT2D eigenvalue weighted by Gasteiger charge is 2.16. The maximum absolute atomic E-state index is 9.96. The topological polar surface area (TPSA) is 64.7 Å². The first-order valence-corrected chi connectivity index (χ1v) is 6.80. The van der Waals surface area contributed by atoms with Crippen LogP contribution in [0.4, 0.5) is 0 Å². The van der Waals surface area contributed by atoms with E-state index in [0.717, 1.165) is 5.56 Å². The molecule has 0 amide bonds. The predicted octanol–water partition coefficient (Wildman–Crippen LogP) is 1.36. The molecule has 1 aromatic carbocycles. The molecule has 0 bridgehead atoms. The average Bonchev–Trinajstić information content (AvgIpc) is 2.43. The van der Waals surface area contributed by atoms with Gasteiger partial charge in [-0.05, 0) is 25.8 Å². The van der Waals surface area contributed by atoms with Gasteiger partial charge in [0.2, 0.25) is 0 Å². The maximum Gasteiger partial charge on any atom is 0.0927 e. The summed E-state index contributed by atoms with van der Waals surface area (Å²) in [7, 11) is 0. The van der Waals surface area contributed by atoms with Crippen molar-refractivity contribution in [3.05, 3.63) is 35.9 Å². The van der Waals surface area contributed by atoms with Crippen molar-refractivity contribution in [1.29, 1.82) is 0 Å². The normalized spacial score (nSPS) is 16.0. The Labute approximate surface area is 115 Å². The van der Waals surface area contributed by atoms with Crippen LogP contribution in [0.15, 0.2) is 30.3 Å². The lowest BCUT2D eigenvalue weighted by molar-refractivity contribution is -0.0441. The molecule has 1 aromatic rings. The number of nitrogens with two attached hydrogens (primary N) is 1. The van der Waals surface area contributed by atoms with Crippen LogP contribution in [0.1, 0.15) is 19.4 Å². The third-order valence-corrected chi connectivity index (χ3v) is 2.92. The Morgan fingerprint density at radius 3 is 2.53 bits per heavy atom. The van der Waals surface area contributed by atoms with Gasteiger partial charge in [-0.25, -0.2) is 0 Å². The molecule has 4 nitrogen and oxygen atoms in total. The largest absolute Gasteiger partial charge is 0.389 e. The van der Waals surface area contributed by atoms with Crippen molar-refractivity contribution in [3.63, 3.8) is 0 Å². The number of hydrogen-bond donors (Lipinski definition) is 2. The molecule has 0 aliphatic carbocycles. The van der Waals surface area contributed by atoms with Crippen molar-refractivity contribution in [2.45, 2.75) is 38.5 Å². The smallest absolute Gasteiger partial charge is 0.0927 e. The van der Waals surface area contributed by atoms with Gasteiger partial charge in [0.05, 0.1) is 25.4 Å². The van der Waals surface area contributed by atoms with E-state index in [-0.39, 0.29) is 18.8 Å². The summed E-state index contributed by atoms with van der Waals surface area (Å²) in [5.41, 5.74) is 7.10. The quantitative estimate of drug-likeness (QED) is 0.709. The van der Waals surface area contributed by atoms with Crippen molar-refractivity contribution in [2.24, 2.45) is 5.73 Å². The van der Waals surface area contributed by atoms with Crippen LogP contribution < -0.4 is 5.73 Å². The summed E-state index contributed by atoms with van der Waals surface area (Å²) in [6.07, 6.45) is -0.0478. The Morgan fingerprint density at radius 1 is 1.21 bits per heavy atom. The highest BCUT2D eigenvalue weighted by Crippen LogP contribution is 2.05. The van der Waals surface area contributed by atoms with Gasteiger partial charge in [0, 0.05) is 12.6 Å². The van der Waals surface area contributed by atoms with E-state index in [4.69, 9.17) is 15.2 Å². The minimum Gasteiger partial charge on any atom is -0.389 e. The summed E-state index contributed by atoms with van der Waals surface area (Å²) in [5.74, 6) is 0. The Hall–Kier alpha value is -0.940. The molecule has 0 aliphatic rings. The van der Waals surface area contributed by atoms with Crippen molar-refractivity contribution >= 4 is 0 Å². The maximum atomic E-state index is 9.96. The molecule has 0 saturated heterocycles. The number of hydrogen-bond acceptors (Lipinski definition) is 4. The van der Waals surface area contributed by atoms with Gasteiger partial charge < -0.3 is 20.3 Å². The van der Waals surface area contributed by atoms with Crippen LogP contribution in [0.25, 0.3) is 0 Å². The third-order valence-electron chi connectivity index (χ3n) is 2.92. The minimum atomic E-state index is -0.663. The lowest BCUT2D eigenvalue weighted by atomic mass is 10.0. The van der Waals surface area contributed by atoms with E-state index in [0.29, 0.717) is 19.6 Å². The highest BCUT2D eigenvalue weighted by molar-refractivity contribution is 5.16. The molecular weight excluding hydrogens is 242 g/mol. The second-order valence-corrected chi connectivity index (χ2v) is 4.72. The molecule has 108 valence electrons. The number of ether oxygens (including phenoxy) is 2. The Balaban J connectivity index is 2.26. The van der Waals surface area contributed by atoms with Crippen LogP contribution in [0.2, 0.25) is 0 Å². The molecule has 0 aromatic heterocycles. The van der Waals surface area contributed by atoms with Crippen LogP contribution in [-0.4, -0.2) is 43.2 Å². The first kappa shape index (κ1) is 16.1. The van der Waals surface area contributed by atoms with Gasteiger partial charge in [0.1, 0.15) is 0 Å². The average molecular weight is 267 g/mol. The van der Waals surface area contributed by atoms with Crippen LogP contribution in [0.5, 0.6) is 0 Å². The van der Waals surface area contributed by atoms with E-state index in [1.54, 1.807) is 0 Å². The standard InChI is InChI=1S/C15H25NO3/c1-3-18-10-12(2)19-11-15(17)14(16)9-13-7-5-4-6-8-13/h4-8,12,14-15,17H,3,9-11,16H2,1-2H3. The molecule has 4 heteroatoms. The lowest BCUT2D eigenvalue weighted by Gasteiger charge is -2.21. The van der Waals surface area contributed by atoms with Gasteiger partial charge in [-0.1, -0.05) is 30.3 Å². The molecule has 0 aliphatic heterocycles. The summed E-state index contributed by atoms with van der Waals surface area (Å²) in [4.78, 5) is 0. The van der Waals surface area contributed by atoms with Gasteiger partial charge in [0.25, 0.3) is 0 Å². The van der Waals surface area contributed by atoms with Gasteiger partial charge in [-0.15, -0.1) is 0 Å². The number of rotatable bonds is 9. The zero-order chi connectivity index (χ0) is 14.1. The molecule has 19 heavy (non-hydrogen) atoms. The first-order valence-electron chi connectivity index (χ1n) is 6.80. The zero-order valence-electron chi connectivity index (χ0n) is 11.8. The predicted molar refractivity (Wildman–Crippen MR) is 76.0 cm³/mol. The van der Waals surface area contributed by atoms with E-state index in [1.807, 2.05) is 44.2 Å². The molecule has 3 unspecified atom stereocenters. The number of aliphatic hydroxyl groups is 1. The Morgan fingerprint density at radius 2 is 1.89 bits per heavy atom. The fourth-order valence-corrected chi connectivity index (χ4v) is 1.74. The molecule has 3 atom stereocenters. The van der Waals surface area contributed by atoms with Gasteiger partial charge in [-0.2, -0.15) is 0 Å². The summed E-state index contributed by atoms with van der Waals surface area (Å²) in [6, 6.07) is 9.59. The van der Waals surface area contributed by atoms with Gasteiger partial charge in [-0.3, -0.25) is 0 Å². The van der Waals surface area contributed by atoms with E-state index in [9.17, 15) is 5.11 Å². The molecule has 0 saturated carbocycles. The summed E-state index contributed by atoms with van der Waals surface area (Å²) < 4.78 is 10.8. The second-order valence-electron chi connectivity index (χ2n) is 4.72. The van der Waals surface area contributed by atoms with Crippen LogP contribution in [0.3, 0.4) is 0 Å². The fraction of sp³-hybridized carbons (Fsp3) is 0.600. The summed E-state index contributed by atoms with van der Waals surface area (Å²) >= 11 is 0. The molecule has 0 spiro atoms. The molecule has 3 N–H and O–H groups in total. The molecule has 0 fully saturated rings. The first-order chi connectivity index (χ1) is 9.13. The number of aliphatic hydroxyl groups excluding tert-OH is 1. The monoisotopic (exact) mass is 267 g/mol. The fourth-order valence-electron chi connectivity index (χ4n) is 1.74. The lowest BCUT2D eigenvalue weighted by Crippen LogP contribution is -2.40. The van der Waals surface area contributed by atoms with Crippen molar-refractivity contribution in [1.82, 2.24) is 0 Å². The SMILES string of the molecule is CCOCC(C)OCC(O)C(N)Cc1ccccc1. The Kier molecular flexibility index (Phi) is 7.67. The minimum absolute atomic E-state index is 0.0291. The summed E-state index contributed by atoms with van der Waals surface area (Å²) in [6.45, 7) is 5.31. The molecule has 0 heterocycles. The van der Waals surface area contributed by atoms with E-state index in [1.165, 1.54) is 0 Å². The number of benzene rings is 1. The van der Waals surface area contributed by atoms with Crippen LogP contribution in [-0.2, 0) is 15.9 Å². The van der Waals surface area contributed by atoms with E-state index >= 15 is 0 Å². The van der Waals surface area contributed by atoms with Crippen LogP contribution >= 0.6 is 0 Å². The Bertz CT molecular complexity index is 331. The molecule has 0 radical (unpaired) electrons. The van der Waals surface area contributed by atoms with Crippen molar-refractivity contribution in [3.8, 4) is 0 Å². The zero-order valence-corrected chi connectivity index (χ0v) is 11.8. The van der Waals surface area contributed by atoms with E-state index in [2.05, 4.69) is 0 Å². The van der Waals surface area contributed by atoms with Crippen molar-refractivity contribution < 1.29 is 14.6 Å². The van der Waals surface area contributed by atoms with Crippen molar-refractivity contribution in [2.75, 3.05) is 19.8 Å². The second kappa shape index (κ2) is 9.04. The molecule has 1 rings (SSSR count). The molecular formula is C15H25NO3. The third kappa shape index (κ3) is 6.68. The highest BCUT2D eigenvalue weighted by atomic mass is 16.5. The van der Waals surface area contributed by atoms with Gasteiger partial charge >= 0.3 is 0 Å². The van der Waals surface area contributed by atoms with E-state index < -0.39 is 6.10 Å². The van der Waals surface area contributed by atoms with Crippen LogP contribution in [0, 0.1) is 0 Å². The van der Waals surface area contributed by atoms with Gasteiger partial charge in [0.15, 0.2) is 0 Å². The summed E-state index contributed by atoms with van der Waals surface area (Å²) in [5, 5.41) is 9.96.